The van der Waals surface area contributed by atoms with Gasteiger partial charge >= 0.3 is 0 Å². The largest absolute Gasteiger partial charge is 0.378 e. The third-order valence-corrected chi connectivity index (χ3v) is 5.93. The van der Waals surface area contributed by atoms with Crippen LogP contribution in [0.2, 0.25) is 0 Å². The number of nitrogens with zero attached hydrogens (tertiary/aromatic N) is 2. The number of H-pyrrole nitrogens is 1. The Labute approximate surface area is 197 Å². The minimum Gasteiger partial charge on any atom is -0.378 e. The number of anilines is 1. The van der Waals surface area contributed by atoms with E-state index in [1.165, 1.54) is 17.8 Å². The lowest BCUT2D eigenvalue weighted by Crippen LogP contribution is -2.36. The van der Waals surface area contributed by atoms with E-state index in [0.717, 1.165) is 54.5 Å². The Morgan fingerprint density at radius 2 is 1.68 bits per heavy atom. The summed E-state index contributed by atoms with van der Waals surface area (Å²) in [6.45, 7) is 3.67. The van der Waals surface area contributed by atoms with Crippen LogP contribution in [0.1, 0.15) is 15.9 Å². The third-order valence-electron chi connectivity index (χ3n) is 5.93. The second kappa shape index (κ2) is 9.89. The molecule has 0 saturated carbocycles. The van der Waals surface area contributed by atoms with Crippen molar-refractivity contribution in [2.75, 3.05) is 31.2 Å². The molecule has 0 atom stereocenters. The maximum atomic E-state index is 13.8. The first kappa shape index (κ1) is 21.9. The zero-order valence-corrected chi connectivity index (χ0v) is 18.6. The minimum absolute atomic E-state index is 0.0419. The van der Waals surface area contributed by atoms with E-state index >= 15 is 0 Å². The summed E-state index contributed by atoms with van der Waals surface area (Å²) < 4.78 is 19.2. The predicted octanol–water partition coefficient (Wildman–Crippen LogP) is 4.65. The molecule has 2 heterocycles. The highest BCUT2D eigenvalue weighted by atomic mass is 19.1. The van der Waals surface area contributed by atoms with Gasteiger partial charge in [0.1, 0.15) is 11.6 Å². The second-order valence-electron chi connectivity index (χ2n) is 8.15. The highest BCUT2D eigenvalue weighted by Gasteiger charge is 2.13. The number of hydrogen-bond acceptors (Lipinski definition) is 4. The van der Waals surface area contributed by atoms with E-state index in [1.54, 1.807) is 12.1 Å². The zero-order valence-electron chi connectivity index (χ0n) is 18.6. The number of rotatable bonds is 6. The van der Waals surface area contributed by atoms with Crippen molar-refractivity contribution in [2.24, 2.45) is 0 Å². The number of nitrogens with one attached hydrogen (secondary N) is 2. The van der Waals surface area contributed by atoms with Gasteiger partial charge in [0.05, 0.1) is 30.7 Å². The van der Waals surface area contributed by atoms with Gasteiger partial charge in [0.25, 0.3) is 5.91 Å². The summed E-state index contributed by atoms with van der Waals surface area (Å²) in [6.07, 6.45) is 1.83. The van der Waals surface area contributed by atoms with Gasteiger partial charge < -0.3 is 19.9 Å². The topological polar surface area (TPSA) is 70.2 Å². The van der Waals surface area contributed by atoms with Gasteiger partial charge in [-0.1, -0.05) is 48.5 Å². The molecule has 1 fully saturated rings. The lowest BCUT2D eigenvalue weighted by atomic mass is 10.1. The molecular formula is C27H25FN4O2. The van der Waals surface area contributed by atoms with Crippen molar-refractivity contribution in [1.82, 2.24) is 15.3 Å². The van der Waals surface area contributed by atoms with Crippen LogP contribution in [0.5, 0.6) is 0 Å². The molecule has 7 heteroatoms. The molecule has 172 valence electrons. The number of morpholine rings is 1. The van der Waals surface area contributed by atoms with Crippen molar-refractivity contribution in [3.8, 4) is 22.6 Å². The van der Waals surface area contributed by atoms with Crippen molar-refractivity contribution < 1.29 is 13.9 Å². The number of aromatic amines is 1. The van der Waals surface area contributed by atoms with Crippen LogP contribution in [0.3, 0.4) is 0 Å². The molecule has 6 nitrogen and oxygen atoms in total. The molecule has 3 aromatic carbocycles. The Balaban J connectivity index is 1.22. The zero-order chi connectivity index (χ0) is 23.3. The Hall–Kier alpha value is -3.97. The number of halogens is 1. The molecule has 1 amide bonds. The molecule has 0 spiro atoms. The van der Waals surface area contributed by atoms with Crippen molar-refractivity contribution in [3.05, 3.63) is 95.9 Å². The first-order valence-corrected chi connectivity index (χ1v) is 11.3. The molecule has 1 aliphatic heterocycles. The standard InChI is InChI=1S/C27H25FN4O2/c28-24-4-2-1-3-23(24)27(33)30-17-19-5-7-21(8-6-19)26-29-18-25(31-26)20-9-11-22(12-10-20)32-13-15-34-16-14-32/h1-12,18H,13-17H2,(H,29,31)(H,30,33). The molecule has 0 bridgehead atoms. The number of benzene rings is 3. The van der Waals surface area contributed by atoms with Crippen molar-refractivity contribution in [1.29, 1.82) is 0 Å². The second-order valence-corrected chi connectivity index (χ2v) is 8.15. The SMILES string of the molecule is O=C(NCc1ccc(-c2ncc(-c3ccc(N4CCOCC4)cc3)[nH]2)cc1)c1ccccc1F. The van der Waals surface area contributed by atoms with Crippen molar-refractivity contribution >= 4 is 11.6 Å². The van der Waals surface area contributed by atoms with Gasteiger partial charge in [-0.25, -0.2) is 9.37 Å². The normalized spacial score (nSPS) is 13.6. The quantitative estimate of drug-likeness (QED) is 0.443. The fourth-order valence-corrected chi connectivity index (χ4v) is 3.99. The Kier molecular flexibility index (Phi) is 6.35. The van der Waals surface area contributed by atoms with Gasteiger partial charge in [-0.15, -0.1) is 0 Å². The lowest BCUT2D eigenvalue weighted by Gasteiger charge is -2.28. The third kappa shape index (κ3) is 4.84. The molecule has 0 unspecified atom stereocenters. The van der Waals surface area contributed by atoms with E-state index in [1.807, 2.05) is 30.5 Å². The van der Waals surface area contributed by atoms with Crippen LogP contribution >= 0.6 is 0 Å². The number of amides is 1. The lowest BCUT2D eigenvalue weighted by molar-refractivity contribution is 0.0947. The molecule has 34 heavy (non-hydrogen) atoms. The van der Waals surface area contributed by atoms with Gasteiger partial charge in [0.2, 0.25) is 0 Å². The van der Waals surface area contributed by atoms with E-state index in [-0.39, 0.29) is 5.56 Å². The summed E-state index contributed by atoms with van der Waals surface area (Å²) in [7, 11) is 0. The first-order chi connectivity index (χ1) is 16.7. The Bertz CT molecular complexity index is 1260. The monoisotopic (exact) mass is 456 g/mol. The molecule has 2 N–H and O–H groups in total. The highest BCUT2D eigenvalue weighted by Crippen LogP contribution is 2.25. The summed E-state index contributed by atoms with van der Waals surface area (Å²) >= 11 is 0. The number of imidazole rings is 1. The molecule has 1 saturated heterocycles. The number of hydrogen-bond donors (Lipinski definition) is 2. The molecule has 0 radical (unpaired) electrons. The molecule has 4 aromatic rings. The maximum Gasteiger partial charge on any atom is 0.254 e. The van der Waals surface area contributed by atoms with Crippen LogP contribution in [-0.2, 0) is 11.3 Å². The number of carbonyl (C=O) groups is 1. The van der Waals surface area contributed by atoms with E-state index in [0.29, 0.717) is 6.54 Å². The van der Waals surface area contributed by atoms with Gasteiger partial charge in [0, 0.05) is 30.9 Å². The molecule has 1 aliphatic rings. The maximum absolute atomic E-state index is 13.8. The van der Waals surface area contributed by atoms with Crippen molar-refractivity contribution in [3.63, 3.8) is 0 Å². The Morgan fingerprint density at radius 3 is 2.41 bits per heavy atom. The molecule has 5 rings (SSSR count). The smallest absolute Gasteiger partial charge is 0.254 e. The van der Waals surface area contributed by atoms with Crippen LogP contribution in [0.25, 0.3) is 22.6 Å². The fraction of sp³-hybridized carbons (Fsp3) is 0.185. The van der Waals surface area contributed by atoms with Gasteiger partial charge in [-0.2, -0.15) is 0 Å². The average Bonchev–Trinajstić information content (AvgIpc) is 3.39. The number of ether oxygens (including phenoxy) is 1. The minimum atomic E-state index is -0.528. The number of carbonyl (C=O) groups excluding carboxylic acids is 1. The van der Waals surface area contributed by atoms with Gasteiger partial charge in [-0.3, -0.25) is 4.79 Å². The van der Waals surface area contributed by atoms with Crippen LogP contribution < -0.4 is 10.2 Å². The summed E-state index contributed by atoms with van der Waals surface area (Å²) in [4.78, 5) is 22.4. The summed E-state index contributed by atoms with van der Waals surface area (Å²) in [6, 6.07) is 22.2. The van der Waals surface area contributed by atoms with Crippen LogP contribution in [0, 0.1) is 5.82 Å². The van der Waals surface area contributed by atoms with Gasteiger partial charge in [0.15, 0.2) is 0 Å². The molecule has 0 aliphatic carbocycles. The average molecular weight is 457 g/mol. The summed E-state index contributed by atoms with van der Waals surface area (Å²) in [5.41, 5.74) is 5.12. The van der Waals surface area contributed by atoms with Gasteiger partial charge in [-0.05, 0) is 35.4 Å². The van der Waals surface area contributed by atoms with Crippen LogP contribution in [0.15, 0.2) is 79.0 Å². The summed E-state index contributed by atoms with van der Waals surface area (Å²) in [5.74, 6) is -0.189. The fourth-order valence-electron chi connectivity index (χ4n) is 3.99. The van der Waals surface area contributed by atoms with E-state index in [4.69, 9.17) is 4.74 Å². The predicted molar refractivity (Wildman–Crippen MR) is 130 cm³/mol. The first-order valence-electron chi connectivity index (χ1n) is 11.3. The van der Waals surface area contributed by atoms with Crippen LogP contribution in [0.4, 0.5) is 10.1 Å². The number of aromatic nitrogens is 2. The molecular weight excluding hydrogens is 431 g/mol. The highest BCUT2D eigenvalue weighted by molar-refractivity contribution is 5.94. The van der Waals surface area contributed by atoms with Crippen LogP contribution in [-0.4, -0.2) is 42.2 Å². The van der Waals surface area contributed by atoms with E-state index < -0.39 is 11.7 Å². The van der Waals surface area contributed by atoms with E-state index in [9.17, 15) is 9.18 Å². The van der Waals surface area contributed by atoms with E-state index in [2.05, 4.69) is 44.5 Å². The molecule has 1 aromatic heterocycles. The Morgan fingerprint density at radius 1 is 0.971 bits per heavy atom. The van der Waals surface area contributed by atoms with Crippen molar-refractivity contribution in [2.45, 2.75) is 6.54 Å². The summed E-state index contributed by atoms with van der Waals surface area (Å²) in [5, 5.41) is 2.76.